The number of carboxylic acids is 1. The van der Waals surface area contributed by atoms with Gasteiger partial charge in [0.1, 0.15) is 6.61 Å². The molecule has 35 heavy (non-hydrogen) atoms. The summed E-state index contributed by atoms with van der Waals surface area (Å²) in [6.45, 7) is 0.238. The number of amides is 2. The highest BCUT2D eigenvalue weighted by Crippen LogP contribution is 2.44. The zero-order valence-corrected chi connectivity index (χ0v) is 19.7. The van der Waals surface area contributed by atoms with Gasteiger partial charge in [-0.2, -0.15) is 0 Å². The Labute approximate surface area is 205 Å². The van der Waals surface area contributed by atoms with Gasteiger partial charge in [-0.1, -0.05) is 61.4 Å². The average Bonchev–Trinajstić information content (AvgIpc) is 3.46. The largest absolute Gasteiger partial charge is 0.481 e. The van der Waals surface area contributed by atoms with Crippen LogP contribution in [0.25, 0.3) is 11.1 Å². The number of hydrogen-bond donors (Lipinski definition) is 3. The lowest BCUT2D eigenvalue weighted by Crippen LogP contribution is -2.50. The minimum atomic E-state index is -0.797. The Morgan fingerprint density at radius 1 is 0.857 bits per heavy atom. The molecule has 0 heterocycles. The molecule has 0 spiro atoms. The monoisotopic (exact) mass is 476 g/mol. The Kier molecular flexibility index (Phi) is 6.75. The van der Waals surface area contributed by atoms with Crippen LogP contribution in [-0.4, -0.2) is 41.8 Å². The molecular weight excluding hydrogens is 444 g/mol. The summed E-state index contributed by atoms with van der Waals surface area (Å²) in [4.78, 5) is 37.0. The third-order valence-corrected chi connectivity index (χ3v) is 7.88. The maximum Gasteiger partial charge on any atom is 0.407 e. The molecule has 4 atom stereocenters. The van der Waals surface area contributed by atoms with Gasteiger partial charge in [-0.25, -0.2) is 4.79 Å². The summed E-state index contributed by atoms with van der Waals surface area (Å²) in [6.07, 6.45) is 4.56. The van der Waals surface area contributed by atoms with Crippen LogP contribution in [0.2, 0.25) is 0 Å². The Hall–Kier alpha value is -3.35. The number of ether oxygens (including phenoxy) is 1. The van der Waals surface area contributed by atoms with Gasteiger partial charge in [0.25, 0.3) is 0 Å². The van der Waals surface area contributed by atoms with Crippen LogP contribution >= 0.6 is 0 Å². The smallest absolute Gasteiger partial charge is 0.407 e. The van der Waals surface area contributed by atoms with Crippen LogP contribution in [0.3, 0.4) is 0 Å². The van der Waals surface area contributed by atoms with Crippen LogP contribution in [0.4, 0.5) is 4.79 Å². The van der Waals surface area contributed by atoms with Gasteiger partial charge in [0, 0.05) is 18.0 Å². The van der Waals surface area contributed by atoms with Crippen molar-refractivity contribution in [2.75, 3.05) is 6.61 Å². The Balaban J connectivity index is 1.18. The summed E-state index contributed by atoms with van der Waals surface area (Å²) in [5.74, 6) is -1.61. The van der Waals surface area contributed by atoms with E-state index in [1.54, 1.807) is 0 Å². The first-order valence-electron chi connectivity index (χ1n) is 12.7. The highest BCUT2D eigenvalue weighted by atomic mass is 16.5. The number of carbonyl (C=O) groups excluding carboxylic acids is 2. The van der Waals surface area contributed by atoms with E-state index in [1.807, 2.05) is 24.3 Å². The normalized spacial score (nSPS) is 25.4. The fraction of sp³-hybridized carbons (Fsp3) is 0.464. The molecule has 2 fully saturated rings. The van der Waals surface area contributed by atoms with Crippen molar-refractivity contribution in [3.63, 3.8) is 0 Å². The quantitative estimate of drug-likeness (QED) is 0.571. The molecule has 0 aliphatic heterocycles. The van der Waals surface area contributed by atoms with Gasteiger partial charge in [0.15, 0.2) is 0 Å². The third kappa shape index (κ3) is 4.90. The van der Waals surface area contributed by atoms with Crippen molar-refractivity contribution in [2.24, 2.45) is 11.8 Å². The number of rotatable bonds is 6. The molecule has 2 aromatic rings. The Bertz CT molecular complexity index is 1070. The van der Waals surface area contributed by atoms with Gasteiger partial charge in [-0.3, -0.25) is 9.59 Å². The first-order chi connectivity index (χ1) is 17.0. The van der Waals surface area contributed by atoms with Crippen molar-refractivity contribution in [1.82, 2.24) is 10.6 Å². The van der Waals surface area contributed by atoms with Crippen molar-refractivity contribution < 1.29 is 24.2 Å². The summed E-state index contributed by atoms with van der Waals surface area (Å²) < 4.78 is 5.70. The maximum absolute atomic E-state index is 13.0. The Morgan fingerprint density at radius 3 is 2.17 bits per heavy atom. The molecule has 3 aliphatic rings. The first kappa shape index (κ1) is 23.4. The third-order valence-electron chi connectivity index (χ3n) is 7.88. The molecule has 0 bridgehead atoms. The molecule has 7 heteroatoms. The molecule has 0 radical (unpaired) electrons. The highest BCUT2D eigenvalue weighted by Gasteiger charge is 2.36. The summed E-state index contributed by atoms with van der Waals surface area (Å²) in [6, 6.07) is 16.0. The number of aliphatic carboxylic acids is 1. The zero-order chi connectivity index (χ0) is 24.4. The zero-order valence-electron chi connectivity index (χ0n) is 19.7. The topological polar surface area (TPSA) is 105 Å². The van der Waals surface area contributed by atoms with Gasteiger partial charge in [0.2, 0.25) is 5.91 Å². The van der Waals surface area contributed by atoms with Crippen molar-refractivity contribution in [3.8, 4) is 11.1 Å². The molecular formula is C28H32N2O5. The minimum Gasteiger partial charge on any atom is -0.481 e. The lowest BCUT2D eigenvalue weighted by molar-refractivity contribution is -0.141. The second-order valence-corrected chi connectivity index (χ2v) is 10.0. The fourth-order valence-corrected chi connectivity index (χ4v) is 6.05. The van der Waals surface area contributed by atoms with E-state index in [0.29, 0.717) is 25.7 Å². The Morgan fingerprint density at radius 2 is 1.51 bits per heavy atom. The van der Waals surface area contributed by atoms with Gasteiger partial charge < -0.3 is 20.5 Å². The van der Waals surface area contributed by atoms with Crippen LogP contribution < -0.4 is 10.6 Å². The fourth-order valence-electron chi connectivity index (χ4n) is 6.05. The van der Waals surface area contributed by atoms with Crippen molar-refractivity contribution in [2.45, 2.75) is 62.9 Å². The first-order valence-corrected chi connectivity index (χ1v) is 12.7. The van der Waals surface area contributed by atoms with E-state index in [0.717, 1.165) is 30.4 Å². The van der Waals surface area contributed by atoms with Gasteiger partial charge in [0.05, 0.1) is 11.8 Å². The number of benzene rings is 2. The van der Waals surface area contributed by atoms with E-state index in [-0.39, 0.29) is 42.4 Å². The lowest BCUT2D eigenvalue weighted by atomic mass is 9.83. The van der Waals surface area contributed by atoms with Crippen LogP contribution in [0.1, 0.15) is 62.0 Å². The molecule has 3 aliphatic carbocycles. The summed E-state index contributed by atoms with van der Waals surface area (Å²) in [5.41, 5.74) is 4.68. The maximum atomic E-state index is 13.0. The van der Waals surface area contributed by atoms with E-state index < -0.39 is 12.1 Å². The molecule has 3 N–H and O–H groups in total. The number of carboxylic acid groups (broad SMARTS) is 1. The number of hydrogen-bond acceptors (Lipinski definition) is 4. The minimum absolute atomic E-state index is 0.0110. The summed E-state index contributed by atoms with van der Waals surface area (Å²) in [7, 11) is 0. The molecule has 0 aromatic heterocycles. The molecule has 0 saturated heterocycles. The van der Waals surface area contributed by atoms with E-state index >= 15 is 0 Å². The van der Waals surface area contributed by atoms with E-state index in [9.17, 15) is 19.5 Å². The second-order valence-electron chi connectivity index (χ2n) is 10.0. The molecule has 184 valence electrons. The molecule has 2 aromatic carbocycles. The van der Waals surface area contributed by atoms with Gasteiger partial charge >= 0.3 is 12.1 Å². The predicted molar refractivity (Wildman–Crippen MR) is 131 cm³/mol. The molecule has 2 saturated carbocycles. The average molecular weight is 477 g/mol. The number of carbonyl (C=O) groups is 3. The molecule has 7 nitrogen and oxygen atoms in total. The molecule has 5 rings (SSSR count). The number of nitrogens with one attached hydrogen (secondary N) is 2. The van der Waals surface area contributed by atoms with Crippen LogP contribution in [0.5, 0.6) is 0 Å². The second kappa shape index (κ2) is 10.1. The van der Waals surface area contributed by atoms with Crippen molar-refractivity contribution in [3.05, 3.63) is 59.7 Å². The number of alkyl carbamates (subject to hydrolysis) is 1. The van der Waals surface area contributed by atoms with E-state index in [1.165, 1.54) is 11.1 Å². The van der Waals surface area contributed by atoms with Gasteiger partial charge in [-0.05, 0) is 54.4 Å². The van der Waals surface area contributed by atoms with Crippen molar-refractivity contribution in [1.29, 1.82) is 0 Å². The lowest BCUT2D eigenvalue weighted by Gasteiger charge is -2.32. The highest BCUT2D eigenvalue weighted by molar-refractivity contribution is 5.81. The predicted octanol–water partition coefficient (Wildman–Crippen LogP) is 4.45. The SMILES string of the molecule is O=C(N[C@@H]1CCCC[C@@H]1C(=O)N[C@@H]1CC[C@H](C(=O)O)C1)OCC1c2ccccc2-c2ccccc21. The van der Waals surface area contributed by atoms with E-state index in [4.69, 9.17) is 4.74 Å². The van der Waals surface area contributed by atoms with E-state index in [2.05, 4.69) is 34.9 Å². The standard InChI is InChI=1S/C28H32N2O5/c31-26(29-18-14-13-17(15-18)27(32)33)23-11-5-6-12-25(23)30-28(34)35-16-24-21-9-3-1-7-19(21)20-8-2-4-10-22(20)24/h1-4,7-10,17-18,23-25H,5-6,11-16H2,(H,29,31)(H,30,34)(H,32,33)/t17-,18+,23-,25+/m0/s1. The molecule has 2 amide bonds. The van der Waals surface area contributed by atoms with Crippen LogP contribution in [0.15, 0.2) is 48.5 Å². The van der Waals surface area contributed by atoms with Gasteiger partial charge in [-0.15, -0.1) is 0 Å². The van der Waals surface area contributed by atoms with Crippen molar-refractivity contribution >= 4 is 18.0 Å². The number of fused-ring (bicyclic) bond motifs is 3. The summed E-state index contributed by atoms with van der Waals surface area (Å²) in [5, 5.41) is 15.2. The van der Waals surface area contributed by atoms with Crippen LogP contribution in [0, 0.1) is 11.8 Å². The van der Waals surface area contributed by atoms with Crippen LogP contribution in [-0.2, 0) is 14.3 Å². The molecule has 0 unspecified atom stereocenters. The summed E-state index contributed by atoms with van der Waals surface area (Å²) >= 11 is 0.